The molecule has 1 fully saturated rings. The number of imide groups is 1. The maximum absolute atomic E-state index is 12.7. The highest BCUT2D eigenvalue weighted by Gasteiger charge is 2.34. The Hall–Kier alpha value is -4.28. The van der Waals surface area contributed by atoms with Crippen LogP contribution in [-0.2, 0) is 20.9 Å². The van der Waals surface area contributed by atoms with E-state index in [-0.39, 0.29) is 30.4 Å². The van der Waals surface area contributed by atoms with Crippen molar-refractivity contribution in [3.05, 3.63) is 53.1 Å². The highest BCUT2D eigenvalue weighted by atomic mass is 16.5. The number of urea groups is 1. The van der Waals surface area contributed by atoms with E-state index in [1.54, 1.807) is 18.2 Å². The summed E-state index contributed by atoms with van der Waals surface area (Å²) in [5.74, 6) is -1.06. The molecule has 0 atom stereocenters. The molecule has 0 spiro atoms. The summed E-state index contributed by atoms with van der Waals surface area (Å²) in [4.78, 5) is 48.2. The fraction of sp³-hybridized carbons (Fsp3) is 0.200. The van der Waals surface area contributed by atoms with Gasteiger partial charge in [-0.3, -0.25) is 14.5 Å². The zero-order valence-corrected chi connectivity index (χ0v) is 16.7. The molecule has 2 aromatic rings. The van der Waals surface area contributed by atoms with Crippen LogP contribution in [0.3, 0.4) is 0 Å². The van der Waals surface area contributed by atoms with E-state index in [2.05, 4.69) is 10.1 Å². The van der Waals surface area contributed by atoms with Crippen molar-refractivity contribution in [1.29, 1.82) is 0 Å². The number of amides is 4. The van der Waals surface area contributed by atoms with Crippen LogP contribution in [0.4, 0.5) is 4.79 Å². The zero-order valence-electron chi connectivity index (χ0n) is 16.7. The van der Waals surface area contributed by atoms with E-state index in [1.807, 2.05) is 0 Å². The van der Waals surface area contributed by atoms with Gasteiger partial charge in [0.05, 0.1) is 20.8 Å². The van der Waals surface area contributed by atoms with E-state index in [0.717, 1.165) is 4.90 Å². The summed E-state index contributed by atoms with van der Waals surface area (Å²) in [7, 11) is 2.63. The van der Waals surface area contributed by atoms with Crippen molar-refractivity contribution in [3.8, 4) is 11.5 Å². The van der Waals surface area contributed by atoms with Crippen LogP contribution in [0.2, 0.25) is 0 Å². The highest BCUT2D eigenvalue weighted by Crippen LogP contribution is 2.29. The molecule has 0 bridgehead atoms. The predicted octanol–water partition coefficient (Wildman–Crippen LogP) is 1.03. The first-order valence-electron chi connectivity index (χ1n) is 8.93. The van der Waals surface area contributed by atoms with Crippen LogP contribution >= 0.6 is 0 Å². The topological polar surface area (TPSA) is 150 Å². The molecule has 3 rings (SSSR count). The molecule has 0 unspecified atom stereocenters. The van der Waals surface area contributed by atoms with Crippen molar-refractivity contribution in [3.63, 3.8) is 0 Å². The number of hydrogen-bond acceptors (Lipinski definition) is 8. The number of esters is 1. The van der Waals surface area contributed by atoms with Gasteiger partial charge in [-0.1, -0.05) is 6.07 Å². The van der Waals surface area contributed by atoms with Gasteiger partial charge in [0.15, 0.2) is 18.1 Å². The van der Waals surface area contributed by atoms with Crippen LogP contribution < -0.4 is 20.5 Å². The fourth-order valence-electron chi connectivity index (χ4n) is 2.75. The minimum atomic E-state index is -0.666. The van der Waals surface area contributed by atoms with E-state index < -0.39 is 23.8 Å². The summed E-state index contributed by atoms with van der Waals surface area (Å²) in [5.41, 5.74) is 5.65. The van der Waals surface area contributed by atoms with Gasteiger partial charge in [-0.05, 0) is 35.9 Å². The van der Waals surface area contributed by atoms with Crippen LogP contribution in [0.5, 0.6) is 11.5 Å². The number of nitrogens with two attached hydrogens (primary N) is 1. The first kappa shape index (κ1) is 21.4. The number of primary amides is 1. The summed E-state index contributed by atoms with van der Waals surface area (Å²) in [6.45, 7) is -0.479. The number of benzene rings is 1. The number of carbonyl (C=O) groups is 4. The average molecular weight is 429 g/mol. The number of hydrogen-bond donors (Lipinski definition) is 2. The van der Waals surface area contributed by atoms with Crippen molar-refractivity contribution in [1.82, 2.24) is 10.2 Å². The Bertz CT molecular complexity index is 1070. The van der Waals surface area contributed by atoms with Gasteiger partial charge in [-0.25, -0.2) is 9.59 Å². The molecule has 0 aliphatic carbocycles. The lowest BCUT2D eigenvalue weighted by Crippen LogP contribution is -2.30. The number of rotatable bonds is 8. The molecule has 1 aliphatic rings. The Morgan fingerprint density at radius 3 is 2.61 bits per heavy atom. The van der Waals surface area contributed by atoms with E-state index in [9.17, 15) is 19.2 Å². The van der Waals surface area contributed by atoms with E-state index in [0.29, 0.717) is 17.1 Å². The van der Waals surface area contributed by atoms with Gasteiger partial charge in [0.1, 0.15) is 11.5 Å². The molecular weight excluding hydrogens is 410 g/mol. The molecular formula is C20H19N3O8. The Morgan fingerprint density at radius 2 is 1.94 bits per heavy atom. The quantitative estimate of drug-likeness (QED) is 0.359. The molecule has 0 saturated carbocycles. The van der Waals surface area contributed by atoms with Gasteiger partial charge < -0.3 is 29.7 Å². The first-order chi connectivity index (χ1) is 14.8. The molecule has 1 aliphatic heterocycles. The number of furan rings is 1. The number of ether oxygens (including phenoxy) is 3. The third-order valence-corrected chi connectivity index (χ3v) is 4.19. The smallest absolute Gasteiger partial charge is 0.373 e. The van der Waals surface area contributed by atoms with Crippen molar-refractivity contribution < 1.29 is 37.8 Å². The van der Waals surface area contributed by atoms with Crippen molar-refractivity contribution >= 4 is 29.9 Å². The van der Waals surface area contributed by atoms with Gasteiger partial charge in [0, 0.05) is 0 Å². The van der Waals surface area contributed by atoms with E-state index >= 15 is 0 Å². The molecule has 11 heteroatoms. The molecule has 1 aromatic carbocycles. The summed E-state index contributed by atoms with van der Waals surface area (Å²) in [6, 6.07) is 6.96. The van der Waals surface area contributed by atoms with Crippen molar-refractivity contribution in [2.75, 3.05) is 20.8 Å². The highest BCUT2D eigenvalue weighted by molar-refractivity contribution is 6.13. The predicted molar refractivity (Wildman–Crippen MR) is 105 cm³/mol. The van der Waals surface area contributed by atoms with Crippen LogP contribution in [0.1, 0.15) is 21.9 Å². The van der Waals surface area contributed by atoms with E-state index in [4.69, 9.17) is 19.6 Å². The molecule has 31 heavy (non-hydrogen) atoms. The van der Waals surface area contributed by atoms with Crippen LogP contribution in [0, 0.1) is 0 Å². The average Bonchev–Trinajstić information content (AvgIpc) is 3.32. The van der Waals surface area contributed by atoms with Crippen molar-refractivity contribution in [2.24, 2.45) is 5.73 Å². The molecule has 11 nitrogen and oxygen atoms in total. The summed E-state index contributed by atoms with van der Waals surface area (Å²) < 4.78 is 20.3. The summed E-state index contributed by atoms with van der Waals surface area (Å²) in [5, 5.41) is 2.49. The number of carbonyl (C=O) groups excluding carboxylic acids is 4. The van der Waals surface area contributed by atoms with Crippen LogP contribution in [-0.4, -0.2) is 49.5 Å². The second kappa shape index (κ2) is 9.03. The van der Waals surface area contributed by atoms with Gasteiger partial charge in [-0.15, -0.1) is 0 Å². The second-order valence-corrected chi connectivity index (χ2v) is 6.30. The Kier molecular flexibility index (Phi) is 6.24. The lowest BCUT2D eigenvalue weighted by molar-refractivity contribution is -0.123. The number of nitrogens with zero attached hydrogens (tertiary/aromatic N) is 1. The Morgan fingerprint density at radius 1 is 1.16 bits per heavy atom. The van der Waals surface area contributed by atoms with Gasteiger partial charge in [0.25, 0.3) is 11.8 Å². The van der Waals surface area contributed by atoms with E-state index in [1.165, 1.54) is 32.4 Å². The summed E-state index contributed by atoms with van der Waals surface area (Å²) in [6.07, 6.45) is 1.46. The monoisotopic (exact) mass is 429 g/mol. The van der Waals surface area contributed by atoms with Gasteiger partial charge in [-0.2, -0.15) is 0 Å². The summed E-state index contributed by atoms with van der Waals surface area (Å²) >= 11 is 0. The molecule has 3 N–H and O–H groups in total. The lowest BCUT2D eigenvalue weighted by atomic mass is 10.1. The van der Waals surface area contributed by atoms with Gasteiger partial charge in [0.2, 0.25) is 5.76 Å². The second-order valence-electron chi connectivity index (χ2n) is 6.30. The van der Waals surface area contributed by atoms with Crippen LogP contribution in [0.25, 0.3) is 6.08 Å². The largest absolute Gasteiger partial charge is 0.493 e. The third-order valence-electron chi connectivity index (χ3n) is 4.19. The zero-order chi connectivity index (χ0) is 22.5. The third kappa shape index (κ3) is 4.83. The number of methoxy groups -OCH3 is 2. The van der Waals surface area contributed by atoms with Crippen LogP contribution in [0.15, 0.2) is 40.4 Å². The molecule has 0 radical (unpaired) electrons. The minimum Gasteiger partial charge on any atom is -0.493 e. The molecule has 2 heterocycles. The number of nitrogens with one attached hydrogen (secondary N) is 1. The van der Waals surface area contributed by atoms with Crippen molar-refractivity contribution in [2.45, 2.75) is 6.54 Å². The lowest BCUT2D eigenvalue weighted by Gasteiger charge is -2.10. The SMILES string of the molecule is COC(=O)c1ccc(CN2C(=O)N/C(=C\c3ccc(OCC(N)=O)c(OC)c3)C2=O)o1. The maximum atomic E-state index is 12.7. The molecule has 1 aromatic heterocycles. The molecule has 1 saturated heterocycles. The molecule has 4 amide bonds. The van der Waals surface area contributed by atoms with Gasteiger partial charge >= 0.3 is 12.0 Å². The normalized spacial score (nSPS) is 14.5. The maximum Gasteiger partial charge on any atom is 0.373 e. The Balaban J connectivity index is 1.76. The standard InChI is InChI=1S/C20H19N3O8/c1-28-16-8-11(3-5-14(16)30-10-17(21)24)7-13-18(25)23(20(27)22-13)9-12-4-6-15(31-12)19(26)29-2/h3-8H,9-10H2,1-2H3,(H2,21,24)(H,22,27)/b13-7-. The molecule has 162 valence electrons. The fourth-order valence-corrected chi connectivity index (χ4v) is 2.75. The Labute approximate surface area is 176 Å². The first-order valence-corrected chi connectivity index (χ1v) is 8.93. The minimum absolute atomic E-state index is 0.0361.